The minimum absolute atomic E-state index is 0.419. The van der Waals surface area contributed by atoms with Gasteiger partial charge in [0.25, 0.3) is 5.52 Å². The normalized spacial score (nSPS) is 11.6. The highest BCUT2D eigenvalue weighted by molar-refractivity contribution is 7.72. The average Bonchev–Trinajstić information content (AvgIpc) is 2.26. The molecule has 0 radical (unpaired) electrons. The Labute approximate surface area is 101 Å². The van der Waals surface area contributed by atoms with Gasteiger partial charge in [-0.2, -0.15) is 0 Å². The molecule has 0 aromatic heterocycles. The number of carbonyl (C=O) groups is 1. The first-order valence-electron chi connectivity index (χ1n) is 5.20. The molecule has 94 valence electrons. The highest BCUT2D eigenvalue weighted by Crippen LogP contribution is 2.50. The molecule has 0 saturated carbocycles. The molecule has 0 amide bonds. The standard InChI is InChI=1S/C12H17O4P/c1-8-6-9(2)11(10(3)7-8)12(13)17(14,15-4)16-5/h6-7H,1-5H3. The Morgan fingerprint density at radius 2 is 1.47 bits per heavy atom. The van der Waals surface area contributed by atoms with Crippen LogP contribution in [0.5, 0.6) is 0 Å². The second kappa shape index (κ2) is 5.13. The van der Waals surface area contributed by atoms with Crippen molar-refractivity contribution in [1.82, 2.24) is 0 Å². The van der Waals surface area contributed by atoms with Gasteiger partial charge in [-0.1, -0.05) is 17.7 Å². The maximum atomic E-state index is 12.2. The maximum absolute atomic E-state index is 12.2. The molecule has 0 fully saturated rings. The SMILES string of the molecule is COP(=O)(OC)C(=O)c1c(C)cc(C)cc1C. The zero-order chi connectivity index (χ0) is 13.2. The first kappa shape index (κ1) is 14.1. The molecular weight excluding hydrogens is 239 g/mol. The molecule has 1 aromatic carbocycles. The summed E-state index contributed by atoms with van der Waals surface area (Å²) in [6.45, 7) is 5.56. The Hall–Kier alpha value is -0.960. The predicted molar refractivity (Wildman–Crippen MR) is 66.6 cm³/mol. The van der Waals surface area contributed by atoms with E-state index in [-0.39, 0.29) is 0 Å². The lowest BCUT2D eigenvalue weighted by molar-refractivity contribution is 0.102. The van der Waals surface area contributed by atoms with Crippen LogP contribution in [0.3, 0.4) is 0 Å². The molecule has 17 heavy (non-hydrogen) atoms. The van der Waals surface area contributed by atoms with Gasteiger partial charge in [-0.3, -0.25) is 9.36 Å². The number of rotatable bonds is 4. The molecule has 5 heteroatoms. The molecule has 0 unspecified atom stereocenters. The van der Waals surface area contributed by atoms with Gasteiger partial charge in [0, 0.05) is 19.8 Å². The number of hydrogen-bond acceptors (Lipinski definition) is 4. The van der Waals surface area contributed by atoms with Crippen molar-refractivity contribution in [2.75, 3.05) is 14.2 Å². The second-order valence-corrected chi connectivity index (χ2v) is 6.07. The zero-order valence-electron chi connectivity index (χ0n) is 10.7. The summed E-state index contributed by atoms with van der Waals surface area (Å²) in [6, 6.07) is 3.74. The quantitative estimate of drug-likeness (QED) is 0.776. The van der Waals surface area contributed by atoms with Gasteiger partial charge in [0.05, 0.1) is 0 Å². The van der Waals surface area contributed by atoms with E-state index in [2.05, 4.69) is 0 Å². The lowest BCUT2D eigenvalue weighted by atomic mass is 10.0. The van der Waals surface area contributed by atoms with E-state index in [0.717, 1.165) is 16.7 Å². The topological polar surface area (TPSA) is 52.6 Å². The smallest absolute Gasteiger partial charge is 0.306 e. The third-order valence-electron chi connectivity index (χ3n) is 2.62. The van der Waals surface area contributed by atoms with E-state index in [0.29, 0.717) is 5.56 Å². The summed E-state index contributed by atoms with van der Waals surface area (Å²) >= 11 is 0. The monoisotopic (exact) mass is 256 g/mol. The fourth-order valence-electron chi connectivity index (χ4n) is 1.89. The Morgan fingerprint density at radius 1 is 1.06 bits per heavy atom. The fraction of sp³-hybridized carbons (Fsp3) is 0.417. The van der Waals surface area contributed by atoms with Gasteiger partial charge >= 0.3 is 7.60 Å². The van der Waals surface area contributed by atoms with E-state index in [9.17, 15) is 9.36 Å². The van der Waals surface area contributed by atoms with Crippen LogP contribution in [0.15, 0.2) is 12.1 Å². The molecule has 0 aliphatic heterocycles. The first-order chi connectivity index (χ1) is 7.85. The van der Waals surface area contributed by atoms with Gasteiger partial charge in [-0.15, -0.1) is 0 Å². The van der Waals surface area contributed by atoms with Gasteiger partial charge in [0.15, 0.2) is 0 Å². The molecular formula is C12H17O4P. The van der Waals surface area contributed by atoms with Crippen molar-refractivity contribution in [1.29, 1.82) is 0 Å². The van der Waals surface area contributed by atoms with Crippen LogP contribution >= 0.6 is 7.60 Å². The first-order valence-corrected chi connectivity index (χ1v) is 6.74. The molecule has 0 bridgehead atoms. The van der Waals surface area contributed by atoms with Crippen molar-refractivity contribution < 1.29 is 18.4 Å². The second-order valence-electron chi connectivity index (χ2n) is 3.94. The number of aryl methyl sites for hydroxylation is 3. The summed E-state index contributed by atoms with van der Waals surface area (Å²) in [5.74, 6) is 0. The number of benzene rings is 1. The number of carbonyl (C=O) groups excluding carboxylic acids is 1. The van der Waals surface area contributed by atoms with Gasteiger partial charge in [0.1, 0.15) is 0 Å². The third kappa shape index (κ3) is 2.65. The minimum atomic E-state index is -3.70. The van der Waals surface area contributed by atoms with Crippen LogP contribution in [0, 0.1) is 20.8 Å². The van der Waals surface area contributed by atoms with Crippen LogP contribution in [-0.2, 0) is 13.6 Å². The lowest BCUT2D eigenvalue weighted by Crippen LogP contribution is -2.08. The van der Waals surface area contributed by atoms with E-state index in [4.69, 9.17) is 9.05 Å². The molecule has 0 spiro atoms. The molecule has 0 saturated heterocycles. The van der Waals surface area contributed by atoms with Crippen LogP contribution < -0.4 is 0 Å². The Morgan fingerprint density at radius 3 is 1.82 bits per heavy atom. The summed E-state index contributed by atoms with van der Waals surface area (Å²) in [4.78, 5) is 12.2. The van der Waals surface area contributed by atoms with Crippen molar-refractivity contribution in [2.45, 2.75) is 20.8 Å². The Balaban J connectivity index is 3.36. The molecule has 0 heterocycles. The molecule has 0 N–H and O–H groups in total. The maximum Gasteiger partial charge on any atom is 0.401 e. The van der Waals surface area contributed by atoms with Crippen LogP contribution in [0.2, 0.25) is 0 Å². The minimum Gasteiger partial charge on any atom is -0.306 e. The summed E-state index contributed by atoms with van der Waals surface area (Å²) < 4.78 is 21.5. The van der Waals surface area contributed by atoms with E-state index in [1.165, 1.54) is 14.2 Å². The van der Waals surface area contributed by atoms with E-state index in [1.54, 1.807) is 0 Å². The Kier molecular flexibility index (Phi) is 4.26. The van der Waals surface area contributed by atoms with E-state index >= 15 is 0 Å². The average molecular weight is 256 g/mol. The van der Waals surface area contributed by atoms with Crippen LogP contribution in [-0.4, -0.2) is 19.7 Å². The van der Waals surface area contributed by atoms with Crippen molar-refractivity contribution in [3.05, 3.63) is 34.4 Å². The largest absolute Gasteiger partial charge is 0.401 e. The van der Waals surface area contributed by atoms with E-state index in [1.807, 2.05) is 32.9 Å². The molecule has 0 aliphatic rings. The summed E-state index contributed by atoms with van der Waals surface area (Å²) in [7, 11) is -1.28. The molecule has 0 atom stereocenters. The Bertz CT molecular complexity index is 462. The van der Waals surface area contributed by atoms with Gasteiger partial charge in [-0.25, -0.2) is 0 Å². The summed E-state index contributed by atoms with van der Waals surface area (Å²) in [5.41, 5.74) is 2.45. The van der Waals surface area contributed by atoms with Gasteiger partial charge < -0.3 is 9.05 Å². The van der Waals surface area contributed by atoms with E-state index < -0.39 is 13.1 Å². The highest BCUT2D eigenvalue weighted by atomic mass is 31.2. The van der Waals surface area contributed by atoms with Crippen LogP contribution in [0.4, 0.5) is 0 Å². The number of hydrogen-bond donors (Lipinski definition) is 0. The van der Waals surface area contributed by atoms with Gasteiger partial charge in [-0.05, 0) is 31.9 Å². The third-order valence-corrected chi connectivity index (χ3v) is 4.30. The van der Waals surface area contributed by atoms with Crippen LogP contribution in [0.1, 0.15) is 27.0 Å². The van der Waals surface area contributed by atoms with Crippen molar-refractivity contribution in [3.8, 4) is 0 Å². The molecule has 4 nitrogen and oxygen atoms in total. The molecule has 1 rings (SSSR count). The molecule has 0 aliphatic carbocycles. The fourth-order valence-corrected chi connectivity index (χ4v) is 3.00. The summed E-state index contributed by atoms with van der Waals surface area (Å²) in [6.07, 6.45) is 0. The summed E-state index contributed by atoms with van der Waals surface area (Å²) in [5, 5.41) is 0. The van der Waals surface area contributed by atoms with Crippen molar-refractivity contribution in [3.63, 3.8) is 0 Å². The predicted octanol–water partition coefficient (Wildman–Crippen LogP) is 3.24. The van der Waals surface area contributed by atoms with Crippen molar-refractivity contribution >= 4 is 13.1 Å². The van der Waals surface area contributed by atoms with Gasteiger partial charge in [0.2, 0.25) is 0 Å². The molecule has 1 aromatic rings. The highest BCUT2D eigenvalue weighted by Gasteiger charge is 2.35. The lowest BCUT2D eigenvalue weighted by Gasteiger charge is -2.15. The van der Waals surface area contributed by atoms with Crippen LogP contribution in [0.25, 0.3) is 0 Å². The zero-order valence-corrected chi connectivity index (χ0v) is 11.6. The van der Waals surface area contributed by atoms with Crippen molar-refractivity contribution in [2.24, 2.45) is 0 Å².